The minimum absolute atomic E-state index is 0.0784. The Morgan fingerprint density at radius 3 is 2.61 bits per heavy atom. The number of para-hydroxylation sites is 2. The summed E-state index contributed by atoms with van der Waals surface area (Å²) in [5.41, 5.74) is 3.03. The highest BCUT2D eigenvalue weighted by Crippen LogP contribution is 2.23. The van der Waals surface area contributed by atoms with Gasteiger partial charge in [-0.05, 0) is 42.7 Å². The maximum Gasteiger partial charge on any atom is 0.270 e. The van der Waals surface area contributed by atoms with Crippen LogP contribution in [0.5, 0.6) is 5.75 Å². The zero-order chi connectivity index (χ0) is 34.0. The Morgan fingerprint density at radius 1 is 0.857 bits per heavy atom. The molecule has 0 spiro atoms. The van der Waals surface area contributed by atoms with Crippen molar-refractivity contribution in [2.24, 2.45) is 0 Å². The molecule has 13 heteroatoms. The summed E-state index contributed by atoms with van der Waals surface area (Å²) in [6.45, 7) is 3.05. The Balaban J connectivity index is 1.14. The molecule has 13 nitrogen and oxygen atoms in total. The van der Waals surface area contributed by atoms with Crippen LogP contribution in [0.3, 0.4) is 0 Å². The molecule has 0 radical (unpaired) electrons. The van der Waals surface area contributed by atoms with E-state index >= 15 is 0 Å². The number of fused-ring (bicyclic) bond motifs is 4. The molecule has 6 rings (SSSR count). The standard InChI is InChI=1S/C36H42N8O5/c45-33-23-44(34(46)24-43-18-19-49-31-12-4-1-8-25(31)22-43)17-6-5-14-39-35(47)30(20-26-21-40-28-10-3-2-9-27(26)28)42-36(48)29-11-7-13-32(41-29)37-15-16-38-33/h1-4,7-13,21,30,40H,5-6,14-20,22-24H2,(H,37,41)(H,38,45)(H,39,47)(H,42,48)/t30-/m0/s1. The van der Waals surface area contributed by atoms with Crippen LogP contribution in [0.1, 0.15) is 34.5 Å². The highest BCUT2D eigenvalue weighted by molar-refractivity contribution is 5.97. The molecule has 4 heterocycles. The Bertz CT molecular complexity index is 1790. The first kappa shape index (κ1) is 33.5. The number of pyridine rings is 1. The maximum atomic E-state index is 13.6. The van der Waals surface area contributed by atoms with Crippen molar-refractivity contribution in [1.29, 1.82) is 0 Å². The lowest BCUT2D eigenvalue weighted by Crippen LogP contribution is -2.48. The van der Waals surface area contributed by atoms with E-state index in [1.165, 1.54) is 0 Å². The molecular formula is C36H42N8O5. The van der Waals surface area contributed by atoms with Gasteiger partial charge in [-0.2, -0.15) is 0 Å². The molecule has 49 heavy (non-hydrogen) atoms. The molecule has 2 aromatic heterocycles. The molecular weight excluding hydrogens is 624 g/mol. The van der Waals surface area contributed by atoms with Gasteiger partial charge in [0.1, 0.15) is 29.9 Å². The zero-order valence-electron chi connectivity index (χ0n) is 27.4. The molecule has 2 bridgehead atoms. The van der Waals surface area contributed by atoms with Crippen molar-refractivity contribution >= 4 is 40.3 Å². The molecule has 0 aliphatic carbocycles. The first-order valence-electron chi connectivity index (χ1n) is 16.7. The van der Waals surface area contributed by atoms with E-state index in [1.807, 2.05) is 59.6 Å². The average Bonchev–Trinajstić information content (AvgIpc) is 3.40. The van der Waals surface area contributed by atoms with Crippen LogP contribution in [0.25, 0.3) is 10.9 Å². The Morgan fingerprint density at radius 2 is 1.69 bits per heavy atom. The second kappa shape index (κ2) is 16.1. The smallest absolute Gasteiger partial charge is 0.270 e. The van der Waals surface area contributed by atoms with Crippen molar-refractivity contribution in [3.05, 3.63) is 89.7 Å². The summed E-state index contributed by atoms with van der Waals surface area (Å²) in [5.74, 6) is 0.0737. The fourth-order valence-electron chi connectivity index (χ4n) is 6.10. The van der Waals surface area contributed by atoms with E-state index < -0.39 is 11.9 Å². The number of aromatic nitrogens is 2. The highest BCUT2D eigenvalue weighted by atomic mass is 16.5. The summed E-state index contributed by atoms with van der Waals surface area (Å²) in [6, 6.07) is 19.8. The number of ether oxygens (including phenoxy) is 1. The van der Waals surface area contributed by atoms with Crippen molar-refractivity contribution in [2.75, 3.05) is 57.7 Å². The van der Waals surface area contributed by atoms with Gasteiger partial charge in [0.2, 0.25) is 17.7 Å². The first-order chi connectivity index (χ1) is 23.9. The van der Waals surface area contributed by atoms with E-state index in [0.29, 0.717) is 64.5 Å². The number of hydrogen-bond donors (Lipinski definition) is 5. The van der Waals surface area contributed by atoms with Gasteiger partial charge in [0.15, 0.2) is 0 Å². The molecule has 4 aromatic rings. The number of amides is 4. The number of rotatable bonds is 4. The molecule has 0 saturated heterocycles. The summed E-state index contributed by atoms with van der Waals surface area (Å²) in [5, 5.41) is 12.8. The lowest BCUT2D eigenvalue weighted by Gasteiger charge is -2.26. The first-order valence-corrected chi connectivity index (χ1v) is 16.7. The highest BCUT2D eigenvalue weighted by Gasteiger charge is 2.25. The van der Waals surface area contributed by atoms with Gasteiger partial charge in [-0.15, -0.1) is 0 Å². The van der Waals surface area contributed by atoms with Crippen molar-refractivity contribution in [3.63, 3.8) is 0 Å². The average molecular weight is 667 g/mol. The number of anilines is 1. The van der Waals surface area contributed by atoms with Crippen LogP contribution in [0.2, 0.25) is 0 Å². The van der Waals surface area contributed by atoms with Gasteiger partial charge >= 0.3 is 0 Å². The molecule has 0 unspecified atom stereocenters. The summed E-state index contributed by atoms with van der Waals surface area (Å²) in [4.78, 5) is 64.7. The van der Waals surface area contributed by atoms with E-state index in [2.05, 4.69) is 31.2 Å². The third-order valence-electron chi connectivity index (χ3n) is 8.69. The largest absolute Gasteiger partial charge is 0.492 e. The van der Waals surface area contributed by atoms with Gasteiger partial charge in [0.05, 0.1) is 13.1 Å². The van der Waals surface area contributed by atoms with Crippen LogP contribution in [0.4, 0.5) is 5.82 Å². The third kappa shape index (κ3) is 8.93. The lowest BCUT2D eigenvalue weighted by atomic mass is 10.0. The zero-order valence-corrected chi connectivity index (χ0v) is 27.4. The molecule has 256 valence electrons. The Kier molecular flexibility index (Phi) is 11.0. The minimum atomic E-state index is -0.852. The van der Waals surface area contributed by atoms with Crippen molar-refractivity contribution in [3.8, 4) is 5.75 Å². The molecule has 2 aliphatic rings. The van der Waals surface area contributed by atoms with Crippen LogP contribution in [0.15, 0.2) is 72.9 Å². The molecule has 0 saturated carbocycles. The van der Waals surface area contributed by atoms with Crippen molar-refractivity contribution < 1.29 is 23.9 Å². The van der Waals surface area contributed by atoms with Gasteiger partial charge < -0.3 is 35.9 Å². The summed E-state index contributed by atoms with van der Waals surface area (Å²) in [6.07, 6.45) is 3.28. The molecule has 0 fully saturated rings. The predicted molar refractivity (Wildman–Crippen MR) is 185 cm³/mol. The molecule has 2 aliphatic heterocycles. The normalized spacial score (nSPS) is 18.7. The monoisotopic (exact) mass is 666 g/mol. The molecule has 1 atom stereocenters. The number of nitrogens with one attached hydrogen (secondary N) is 5. The van der Waals surface area contributed by atoms with E-state index in [9.17, 15) is 19.2 Å². The van der Waals surface area contributed by atoms with E-state index in [0.717, 1.165) is 27.8 Å². The van der Waals surface area contributed by atoms with Gasteiger partial charge in [0.25, 0.3) is 5.91 Å². The van der Waals surface area contributed by atoms with Crippen LogP contribution >= 0.6 is 0 Å². The minimum Gasteiger partial charge on any atom is -0.492 e. The Hall–Kier alpha value is -5.43. The van der Waals surface area contributed by atoms with Gasteiger partial charge in [-0.25, -0.2) is 4.98 Å². The number of carbonyl (C=O) groups excluding carboxylic acids is 4. The molecule has 2 aromatic carbocycles. The number of aromatic amines is 1. The number of H-pyrrole nitrogens is 1. The van der Waals surface area contributed by atoms with Crippen LogP contribution in [0, 0.1) is 0 Å². The predicted octanol–water partition coefficient (Wildman–Crippen LogP) is 2.07. The number of nitrogens with zero attached hydrogens (tertiary/aromatic N) is 3. The van der Waals surface area contributed by atoms with Crippen LogP contribution in [-0.2, 0) is 27.3 Å². The molecule has 5 N–H and O–H groups in total. The number of carbonyl (C=O) groups is 4. The van der Waals surface area contributed by atoms with Crippen LogP contribution in [-0.4, -0.2) is 102 Å². The molecule has 4 amide bonds. The van der Waals surface area contributed by atoms with Crippen LogP contribution < -0.4 is 26.0 Å². The second-order valence-electron chi connectivity index (χ2n) is 12.3. The fourth-order valence-corrected chi connectivity index (χ4v) is 6.10. The van der Waals surface area contributed by atoms with E-state index in [4.69, 9.17) is 4.74 Å². The van der Waals surface area contributed by atoms with Crippen molar-refractivity contribution in [2.45, 2.75) is 31.8 Å². The quantitative estimate of drug-likeness (QED) is 0.221. The third-order valence-corrected chi connectivity index (χ3v) is 8.69. The van der Waals surface area contributed by atoms with E-state index in [-0.39, 0.29) is 42.9 Å². The van der Waals surface area contributed by atoms with Gasteiger partial charge in [0, 0.05) is 68.4 Å². The SMILES string of the molecule is O=C1CN(C(=O)CN2CCOc3ccccc3C2)CCCCNC(=O)[C@H](Cc2c[nH]c3ccccc23)NC(=O)c2cccc(n2)NCCN1. The van der Waals surface area contributed by atoms with Gasteiger partial charge in [-0.3, -0.25) is 24.1 Å². The lowest BCUT2D eigenvalue weighted by molar-refractivity contribution is -0.137. The number of hydrogen-bond acceptors (Lipinski definition) is 8. The maximum absolute atomic E-state index is 13.6. The second-order valence-corrected chi connectivity index (χ2v) is 12.3. The summed E-state index contributed by atoms with van der Waals surface area (Å²) >= 11 is 0. The topological polar surface area (TPSA) is 161 Å². The Labute approximate surface area is 284 Å². The van der Waals surface area contributed by atoms with Gasteiger partial charge in [-0.1, -0.05) is 42.5 Å². The summed E-state index contributed by atoms with van der Waals surface area (Å²) < 4.78 is 5.86. The van der Waals surface area contributed by atoms with E-state index in [1.54, 1.807) is 23.1 Å². The number of benzene rings is 2. The fraction of sp³-hybridized carbons (Fsp3) is 0.361. The summed E-state index contributed by atoms with van der Waals surface area (Å²) in [7, 11) is 0. The van der Waals surface area contributed by atoms with Crippen molar-refractivity contribution in [1.82, 2.24) is 35.7 Å².